The Balaban J connectivity index is 4.25. The summed E-state index contributed by atoms with van der Waals surface area (Å²) in [5.74, 6) is -0.898. The van der Waals surface area contributed by atoms with Gasteiger partial charge in [-0.25, -0.2) is 0 Å². The van der Waals surface area contributed by atoms with Gasteiger partial charge in [0.15, 0.2) is 6.10 Å². The van der Waals surface area contributed by atoms with Crippen LogP contribution in [-0.4, -0.2) is 37.2 Å². The molecule has 0 heterocycles. The molecule has 406 valence electrons. The fraction of sp³-hybridized carbons (Fsp3) is 0.797. The zero-order valence-corrected chi connectivity index (χ0v) is 46.5. The molecule has 0 aliphatic heterocycles. The van der Waals surface area contributed by atoms with E-state index in [9.17, 15) is 14.4 Å². The van der Waals surface area contributed by atoms with Crippen LogP contribution in [0.3, 0.4) is 0 Å². The van der Waals surface area contributed by atoms with E-state index >= 15 is 0 Å². The van der Waals surface area contributed by atoms with Crippen molar-refractivity contribution < 1.29 is 28.6 Å². The van der Waals surface area contributed by atoms with Gasteiger partial charge in [0.1, 0.15) is 13.2 Å². The summed E-state index contributed by atoms with van der Waals surface area (Å²) < 4.78 is 16.9. The van der Waals surface area contributed by atoms with Crippen molar-refractivity contribution >= 4 is 17.9 Å². The number of rotatable bonds is 55. The number of carbonyl (C=O) groups excluding carboxylic acids is 3. The molecular formula is C64H114O6. The van der Waals surface area contributed by atoms with E-state index in [0.717, 1.165) is 103 Å². The maximum Gasteiger partial charge on any atom is 0.306 e. The average molecular weight is 980 g/mol. The predicted molar refractivity (Wildman–Crippen MR) is 302 cm³/mol. The smallest absolute Gasteiger partial charge is 0.306 e. The van der Waals surface area contributed by atoms with Gasteiger partial charge in [0.2, 0.25) is 0 Å². The summed E-state index contributed by atoms with van der Waals surface area (Å²) in [6, 6.07) is 0. The molecule has 0 aliphatic rings. The quantitative estimate of drug-likeness (QED) is 0.0261. The highest BCUT2D eigenvalue weighted by atomic mass is 16.6. The highest BCUT2D eigenvalue weighted by Crippen LogP contribution is 2.16. The van der Waals surface area contributed by atoms with E-state index in [4.69, 9.17) is 14.2 Å². The number of ether oxygens (including phenoxy) is 3. The van der Waals surface area contributed by atoms with Gasteiger partial charge in [-0.3, -0.25) is 14.4 Å². The normalized spacial score (nSPS) is 12.4. The molecule has 0 amide bonds. The lowest BCUT2D eigenvalue weighted by atomic mass is 10.0. The van der Waals surface area contributed by atoms with Crippen LogP contribution in [0.25, 0.3) is 0 Å². The van der Waals surface area contributed by atoms with Crippen molar-refractivity contribution in [3.8, 4) is 0 Å². The SMILES string of the molecule is CC/C=C\C/C=C\C/C=C\CCCCCCCC(=O)OC(COC(=O)CCCCCCC/C=C\CCCCC)COC(=O)CCCCCCCCCCCCCCC/C=C\CCCCCCCCCC. The molecule has 6 nitrogen and oxygen atoms in total. The number of esters is 3. The molecule has 0 spiro atoms. The van der Waals surface area contributed by atoms with Crippen LogP contribution in [0.4, 0.5) is 0 Å². The van der Waals surface area contributed by atoms with Gasteiger partial charge in [-0.05, 0) is 103 Å². The largest absolute Gasteiger partial charge is 0.462 e. The summed E-state index contributed by atoms with van der Waals surface area (Å²) >= 11 is 0. The van der Waals surface area contributed by atoms with Crippen molar-refractivity contribution in [2.24, 2.45) is 0 Å². The van der Waals surface area contributed by atoms with Crippen molar-refractivity contribution in [1.29, 1.82) is 0 Å². The average Bonchev–Trinajstić information content (AvgIpc) is 3.36. The topological polar surface area (TPSA) is 78.9 Å². The number of hydrogen-bond donors (Lipinski definition) is 0. The third-order valence-electron chi connectivity index (χ3n) is 13.2. The highest BCUT2D eigenvalue weighted by molar-refractivity contribution is 5.71. The lowest BCUT2D eigenvalue weighted by Gasteiger charge is -2.18. The number of carbonyl (C=O) groups is 3. The van der Waals surface area contributed by atoms with Crippen LogP contribution in [0.5, 0.6) is 0 Å². The molecule has 6 heteroatoms. The molecule has 0 aromatic carbocycles. The summed E-state index contributed by atoms with van der Waals surface area (Å²) in [7, 11) is 0. The molecule has 0 saturated heterocycles. The van der Waals surface area contributed by atoms with Gasteiger partial charge in [-0.15, -0.1) is 0 Å². The first-order chi connectivity index (χ1) is 34.5. The predicted octanol–water partition coefficient (Wildman–Crippen LogP) is 20.4. The van der Waals surface area contributed by atoms with Crippen LogP contribution >= 0.6 is 0 Å². The standard InChI is InChI=1S/C64H114O6/c1-4-7-10-13-16-19-22-25-27-28-29-30-31-32-33-34-35-36-38-39-42-45-48-51-54-57-63(66)69-60-61(59-68-62(65)56-53-50-47-44-41-24-21-18-15-12-9-6-3)70-64(67)58-55-52-49-46-43-40-37-26-23-20-17-14-11-8-5-2/h8,11,17-18,20-21,26,28-29,37,61H,4-7,9-10,12-16,19,22-25,27,30-36,38-60H2,1-3H3/b11-8-,20-17-,21-18-,29-28-,37-26-. The molecule has 0 fully saturated rings. The second-order valence-corrected chi connectivity index (χ2v) is 20.2. The van der Waals surface area contributed by atoms with E-state index in [1.807, 2.05) is 0 Å². The molecular weight excluding hydrogens is 865 g/mol. The number of allylic oxidation sites excluding steroid dienone is 10. The zero-order chi connectivity index (χ0) is 50.7. The van der Waals surface area contributed by atoms with Gasteiger partial charge in [0, 0.05) is 19.3 Å². The van der Waals surface area contributed by atoms with Crippen molar-refractivity contribution in [2.45, 2.75) is 316 Å². The van der Waals surface area contributed by atoms with Crippen molar-refractivity contribution in [3.05, 3.63) is 60.8 Å². The Bertz CT molecular complexity index is 1260. The molecule has 0 radical (unpaired) electrons. The van der Waals surface area contributed by atoms with Crippen molar-refractivity contribution in [3.63, 3.8) is 0 Å². The Labute approximate surface area is 434 Å². The lowest BCUT2D eigenvalue weighted by Crippen LogP contribution is -2.30. The van der Waals surface area contributed by atoms with Gasteiger partial charge >= 0.3 is 17.9 Å². The first-order valence-corrected chi connectivity index (χ1v) is 30.3. The fourth-order valence-corrected chi connectivity index (χ4v) is 8.68. The minimum atomic E-state index is -0.786. The Morgan fingerprint density at radius 1 is 0.300 bits per heavy atom. The molecule has 70 heavy (non-hydrogen) atoms. The molecule has 0 aliphatic carbocycles. The van der Waals surface area contributed by atoms with Crippen LogP contribution in [0.2, 0.25) is 0 Å². The van der Waals surface area contributed by atoms with Gasteiger partial charge in [0.05, 0.1) is 0 Å². The Morgan fingerprint density at radius 2 is 0.557 bits per heavy atom. The van der Waals surface area contributed by atoms with E-state index in [1.54, 1.807) is 0 Å². The summed E-state index contributed by atoms with van der Waals surface area (Å²) in [6.07, 6.45) is 73.7. The fourth-order valence-electron chi connectivity index (χ4n) is 8.68. The molecule has 0 aromatic rings. The first-order valence-electron chi connectivity index (χ1n) is 30.3. The molecule has 0 bridgehead atoms. The van der Waals surface area contributed by atoms with E-state index < -0.39 is 6.10 Å². The monoisotopic (exact) mass is 979 g/mol. The maximum absolute atomic E-state index is 12.8. The maximum atomic E-state index is 12.8. The summed E-state index contributed by atoms with van der Waals surface area (Å²) in [6.45, 7) is 6.51. The van der Waals surface area contributed by atoms with Crippen molar-refractivity contribution in [2.75, 3.05) is 13.2 Å². The molecule has 1 atom stereocenters. The van der Waals surface area contributed by atoms with E-state index in [0.29, 0.717) is 19.3 Å². The van der Waals surface area contributed by atoms with Crippen LogP contribution in [-0.2, 0) is 28.6 Å². The zero-order valence-electron chi connectivity index (χ0n) is 46.5. The van der Waals surface area contributed by atoms with Gasteiger partial charge < -0.3 is 14.2 Å². The summed E-state index contributed by atoms with van der Waals surface area (Å²) in [5, 5.41) is 0. The molecule has 0 saturated carbocycles. The number of hydrogen-bond acceptors (Lipinski definition) is 6. The Kier molecular flexibility index (Phi) is 56.3. The summed E-state index contributed by atoms with van der Waals surface area (Å²) in [4.78, 5) is 38.1. The lowest BCUT2D eigenvalue weighted by molar-refractivity contribution is -0.167. The number of unbranched alkanes of at least 4 members (excludes halogenated alkanes) is 34. The third-order valence-corrected chi connectivity index (χ3v) is 13.2. The first kappa shape index (κ1) is 67.1. The second kappa shape index (κ2) is 58.7. The van der Waals surface area contributed by atoms with Gasteiger partial charge in [-0.2, -0.15) is 0 Å². The third kappa shape index (κ3) is 56.0. The minimum Gasteiger partial charge on any atom is -0.462 e. The Morgan fingerprint density at radius 3 is 0.914 bits per heavy atom. The van der Waals surface area contributed by atoms with Gasteiger partial charge in [-0.1, -0.05) is 248 Å². The molecule has 0 rings (SSSR count). The minimum absolute atomic E-state index is 0.0824. The molecule has 1 unspecified atom stereocenters. The van der Waals surface area contributed by atoms with Crippen LogP contribution in [0.1, 0.15) is 310 Å². The molecule has 0 N–H and O–H groups in total. The van der Waals surface area contributed by atoms with Gasteiger partial charge in [0.25, 0.3) is 0 Å². The summed E-state index contributed by atoms with van der Waals surface area (Å²) in [5.41, 5.74) is 0. The highest BCUT2D eigenvalue weighted by Gasteiger charge is 2.19. The van der Waals surface area contributed by atoms with Crippen LogP contribution < -0.4 is 0 Å². The van der Waals surface area contributed by atoms with Crippen LogP contribution in [0.15, 0.2) is 60.8 Å². The molecule has 0 aromatic heterocycles. The van der Waals surface area contributed by atoms with E-state index in [2.05, 4.69) is 81.5 Å². The second-order valence-electron chi connectivity index (χ2n) is 20.2. The Hall–Kier alpha value is -2.89. The van der Waals surface area contributed by atoms with E-state index in [1.165, 1.54) is 167 Å². The van der Waals surface area contributed by atoms with E-state index in [-0.39, 0.29) is 31.1 Å². The van der Waals surface area contributed by atoms with Crippen molar-refractivity contribution in [1.82, 2.24) is 0 Å². The van der Waals surface area contributed by atoms with Crippen LogP contribution in [0, 0.1) is 0 Å².